The monoisotopic (exact) mass is 273 g/mol. The highest BCUT2D eigenvalue weighted by atomic mass is 16.5. The highest BCUT2D eigenvalue weighted by Crippen LogP contribution is 2.22. The molecule has 0 radical (unpaired) electrons. The van der Waals surface area contributed by atoms with Crippen LogP contribution in [0.2, 0.25) is 0 Å². The van der Waals surface area contributed by atoms with Gasteiger partial charge in [0.15, 0.2) is 0 Å². The average molecular weight is 273 g/mol. The number of nitrogen functional groups attached to an aromatic ring is 1. The summed E-state index contributed by atoms with van der Waals surface area (Å²) in [7, 11) is 1.58. The molecule has 5 nitrogen and oxygen atoms in total. The molecule has 0 unspecified atom stereocenters. The van der Waals surface area contributed by atoms with Gasteiger partial charge in [-0.15, -0.1) is 0 Å². The molecule has 2 N–H and O–H groups in total. The Kier molecular flexibility index (Phi) is 4.08. The van der Waals surface area contributed by atoms with E-state index in [-0.39, 0.29) is 11.2 Å². The summed E-state index contributed by atoms with van der Waals surface area (Å²) < 4.78 is 6.93. The molecule has 2 rings (SSSR count). The number of hydrogen-bond acceptors (Lipinski definition) is 4. The van der Waals surface area contributed by atoms with E-state index in [1.165, 1.54) is 4.68 Å². The zero-order valence-electron chi connectivity index (χ0n) is 12.0. The number of rotatable bonds is 4. The Morgan fingerprint density at radius 3 is 2.75 bits per heavy atom. The molecule has 1 aromatic heterocycles. The minimum atomic E-state index is -0.291. The van der Waals surface area contributed by atoms with Gasteiger partial charge in [0.05, 0.1) is 12.3 Å². The Morgan fingerprint density at radius 1 is 1.35 bits per heavy atom. The summed E-state index contributed by atoms with van der Waals surface area (Å²) in [4.78, 5) is 11.5. The van der Waals surface area contributed by atoms with Gasteiger partial charge >= 0.3 is 0 Å². The Bertz CT molecular complexity index is 636. The van der Waals surface area contributed by atoms with E-state index in [2.05, 4.69) is 18.9 Å². The third-order valence-electron chi connectivity index (χ3n) is 2.80. The molecular weight excluding hydrogens is 254 g/mol. The van der Waals surface area contributed by atoms with Crippen molar-refractivity contribution in [2.24, 2.45) is 13.0 Å². The van der Waals surface area contributed by atoms with Gasteiger partial charge in [-0.2, -0.15) is 5.10 Å². The Hall–Kier alpha value is -2.30. The average Bonchev–Trinajstić information content (AvgIpc) is 2.42. The number of aryl methyl sites for hydroxylation is 1. The van der Waals surface area contributed by atoms with E-state index >= 15 is 0 Å². The molecule has 0 atom stereocenters. The van der Waals surface area contributed by atoms with Gasteiger partial charge < -0.3 is 10.5 Å². The largest absolute Gasteiger partial charge is 0.493 e. The van der Waals surface area contributed by atoms with Crippen molar-refractivity contribution in [1.29, 1.82) is 0 Å². The normalized spacial score (nSPS) is 10.8. The van der Waals surface area contributed by atoms with Crippen LogP contribution < -0.4 is 16.0 Å². The van der Waals surface area contributed by atoms with Crippen LogP contribution in [0.25, 0.3) is 11.3 Å². The fourth-order valence-electron chi connectivity index (χ4n) is 1.78. The molecule has 1 heterocycles. The first-order chi connectivity index (χ1) is 9.47. The lowest BCUT2D eigenvalue weighted by Gasteiger charge is -2.10. The maximum Gasteiger partial charge on any atom is 0.289 e. The molecule has 106 valence electrons. The third kappa shape index (κ3) is 3.17. The molecule has 0 saturated heterocycles. The van der Waals surface area contributed by atoms with Crippen molar-refractivity contribution < 1.29 is 4.74 Å². The van der Waals surface area contributed by atoms with Crippen LogP contribution in [-0.4, -0.2) is 16.4 Å². The van der Waals surface area contributed by atoms with Gasteiger partial charge in [-0.3, -0.25) is 4.79 Å². The van der Waals surface area contributed by atoms with E-state index in [4.69, 9.17) is 10.5 Å². The third-order valence-corrected chi connectivity index (χ3v) is 2.80. The molecule has 0 aliphatic rings. The summed E-state index contributed by atoms with van der Waals surface area (Å²) in [6, 6.07) is 9.19. The SMILES string of the molecule is CC(C)COc1cccc(-c2cc(N)c(=O)n(C)n2)c1. The molecule has 0 saturated carbocycles. The van der Waals surface area contributed by atoms with Crippen molar-refractivity contribution in [3.8, 4) is 17.0 Å². The van der Waals surface area contributed by atoms with Gasteiger partial charge in [0.2, 0.25) is 0 Å². The van der Waals surface area contributed by atoms with Crippen molar-refractivity contribution in [2.45, 2.75) is 13.8 Å². The predicted octanol–water partition coefficient (Wildman–Crippen LogP) is 2.06. The second kappa shape index (κ2) is 5.77. The number of hydrogen-bond donors (Lipinski definition) is 1. The van der Waals surface area contributed by atoms with Gasteiger partial charge in [0.1, 0.15) is 11.4 Å². The lowest BCUT2D eigenvalue weighted by molar-refractivity contribution is 0.271. The lowest BCUT2D eigenvalue weighted by Crippen LogP contribution is -2.22. The maximum atomic E-state index is 11.5. The highest BCUT2D eigenvalue weighted by molar-refractivity contribution is 5.63. The second-order valence-electron chi connectivity index (χ2n) is 5.15. The minimum Gasteiger partial charge on any atom is -0.493 e. The van der Waals surface area contributed by atoms with E-state index in [0.29, 0.717) is 18.2 Å². The number of aromatic nitrogens is 2. The van der Waals surface area contributed by atoms with Gasteiger partial charge in [-0.05, 0) is 24.1 Å². The number of ether oxygens (including phenoxy) is 1. The smallest absolute Gasteiger partial charge is 0.289 e. The first kappa shape index (κ1) is 14.1. The molecule has 1 aromatic carbocycles. The second-order valence-corrected chi connectivity index (χ2v) is 5.15. The first-order valence-corrected chi connectivity index (χ1v) is 6.54. The van der Waals surface area contributed by atoms with Crippen LogP contribution in [0.3, 0.4) is 0 Å². The van der Waals surface area contributed by atoms with Crippen molar-refractivity contribution in [3.63, 3.8) is 0 Å². The quantitative estimate of drug-likeness (QED) is 0.925. The van der Waals surface area contributed by atoms with Gasteiger partial charge in [-0.1, -0.05) is 26.0 Å². The summed E-state index contributed by atoms with van der Waals surface area (Å²) in [5.41, 5.74) is 7.11. The molecule has 0 amide bonds. The zero-order valence-corrected chi connectivity index (χ0v) is 12.0. The van der Waals surface area contributed by atoms with E-state index in [1.54, 1.807) is 13.1 Å². The predicted molar refractivity (Wildman–Crippen MR) is 79.7 cm³/mol. The summed E-state index contributed by atoms with van der Waals surface area (Å²) in [6.07, 6.45) is 0. The molecule has 0 aliphatic heterocycles. The van der Waals surface area contributed by atoms with E-state index < -0.39 is 0 Å². The van der Waals surface area contributed by atoms with Crippen LogP contribution in [0, 0.1) is 5.92 Å². The Morgan fingerprint density at radius 2 is 2.10 bits per heavy atom. The van der Waals surface area contributed by atoms with Crippen LogP contribution >= 0.6 is 0 Å². The van der Waals surface area contributed by atoms with E-state index in [1.807, 2.05) is 24.3 Å². The van der Waals surface area contributed by atoms with Gasteiger partial charge in [-0.25, -0.2) is 4.68 Å². The fraction of sp³-hybridized carbons (Fsp3) is 0.333. The molecule has 20 heavy (non-hydrogen) atoms. The van der Waals surface area contributed by atoms with Gasteiger partial charge in [0, 0.05) is 12.6 Å². The van der Waals surface area contributed by atoms with Crippen molar-refractivity contribution in [2.75, 3.05) is 12.3 Å². The van der Waals surface area contributed by atoms with E-state index in [0.717, 1.165) is 11.3 Å². The summed E-state index contributed by atoms with van der Waals surface area (Å²) >= 11 is 0. The lowest BCUT2D eigenvalue weighted by atomic mass is 10.1. The first-order valence-electron chi connectivity index (χ1n) is 6.54. The molecule has 0 spiro atoms. The standard InChI is InChI=1S/C15H19N3O2/c1-10(2)9-20-12-6-4-5-11(7-12)14-8-13(16)15(19)18(3)17-14/h4-8,10H,9,16H2,1-3H3. The topological polar surface area (TPSA) is 70.1 Å². The fourth-order valence-corrected chi connectivity index (χ4v) is 1.78. The van der Waals surface area contributed by atoms with Crippen LogP contribution in [0.15, 0.2) is 35.1 Å². The van der Waals surface area contributed by atoms with Crippen LogP contribution in [0.1, 0.15) is 13.8 Å². The van der Waals surface area contributed by atoms with Crippen molar-refractivity contribution in [1.82, 2.24) is 9.78 Å². The maximum absolute atomic E-state index is 11.5. The van der Waals surface area contributed by atoms with Crippen LogP contribution in [-0.2, 0) is 7.05 Å². The van der Waals surface area contributed by atoms with Gasteiger partial charge in [0.25, 0.3) is 5.56 Å². The molecule has 0 bridgehead atoms. The van der Waals surface area contributed by atoms with E-state index in [9.17, 15) is 4.79 Å². The Labute approximate surface area is 118 Å². The van der Waals surface area contributed by atoms with Crippen LogP contribution in [0.5, 0.6) is 5.75 Å². The number of nitrogens with zero attached hydrogens (tertiary/aromatic N) is 2. The number of benzene rings is 1. The van der Waals surface area contributed by atoms with Crippen LogP contribution in [0.4, 0.5) is 5.69 Å². The minimum absolute atomic E-state index is 0.186. The molecule has 0 fully saturated rings. The highest BCUT2D eigenvalue weighted by Gasteiger charge is 2.07. The molecular formula is C15H19N3O2. The number of nitrogens with two attached hydrogens (primary N) is 1. The van der Waals surface area contributed by atoms with Crippen molar-refractivity contribution in [3.05, 3.63) is 40.7 Å². The summed E-state index contributed by atoms with van der Waals surface area (Å²) in [6.45, 7) is 4.85. The summed E-state index contributed by atoms with van der Waals surface area (Å²) in [5.74, 6) is 1.25. The Balaban J connectivity index is 2.33. The molecule has 0 aliphatic carbocycles. The molecule has 2 aromatic rings. The molecule has 5 heteroatoms. The number of anilines is 1. The zero-order chi connectivity index (χ0) is 14.7. The summed E-state index contributed by atoms with van der Waals surface area (Å²) in [5, 5.41) is 4.21. The van der Waals surface area contributed by atoms with Crippen molar-refractivity contribution >= 4 is 5.69 Å².